The van der Waals surface area contributed by atoms with Crippen molar-refractivity contribution in [3.8, 4) is 0 Å². The summed E-state index contributed by atoms with van der Waals surface area (Å²) < 4.78 is 1.97. The molecule has 0 saturated carbocycles. The number of aromatic amines is 1. The van der Waals surface area contributed by atoms with E-state index >= 15 is 0 Å². The van der Waals surface area contributed by atoms with Gasteiger partial charge in [-0.3, -0.25) is 0 Å². The predicted octanol–water partition coefficient (Wildman–Crippen LogP) is 2.78. The number of nitrogens with zero attached hydrogens (tertiary/aromatic N) is 5. The second kappa shape index (κ2) is 7.55. The molecule has 0 aliphatic heterocycles. The SMILES string of the molecule is CCCn1cnnc1[C@@H](C)NC(=O)N(C)Cc1nc2c(C)cccc2[nH]1. The van der Waals surface area contributed by atoms with Crippen molar-refractivity contribution in [1.29, 1.82) is 0 Å². The van der Waals surface area contributed by atoms with Crippen LogP contribution < -0.4 is 5.32 Å². The Morgan fingerprint density at radius 3 is 2.96 bits per heavy atom. The first kappa shape index (κ1) is 17.9. The second-order valence-electron chi connectivity index (χ2n) is 6.56. The molecule has 3 aromatic rings. The first-order valence-corrected chi connectivity index (χ1v) is 8.83. The molecule has 0 fully saturated rings. The first-order chi connectivity index (χ1) is 12.5. The van der Waals surface area contributed by atoms with Gasteiger partial charge in [0.2, 0.25) is 0 Å². The van der Waals surface area contributed by atoms with Gasteiger partial charge in [-0.1, -0.05) is 19.1 Å². The van der Waals surface area contributed by atoms with Crippen LogP contribution >= 0.6 is 0 Å². The quantitative estimate of drug-likeness (QED) is 0.711. The number of aromatic nitrogens is 5. The molecule has 1 aromatic carbocycles. The maximum Gasteiger partial charge on any atom is 0.318 e. The van der Waals surface area contributed by atoms with E-state index in [0.29, 0.717) is 6.54 Å². The number of H-pyrrole nitrogens is 1. The third kappa shape index (κ3) is 3.68. The number of aryl methyl sites for hydroxylation is 2. The average molecular weight is 355 g/mol. The van der Waals surface area contributed by atoms with E-state index in [0.717, 1.165) is 41.2 Å². The fourth-order valence-electron chi connectivity index (χ4n) is 2.97. The Bertz CT molecular complexity index is 898. The molecule has 0 aliphatic carbocycles. The fraction of sp³-hybridized carbons (Fsp3) is 0.444. The van der Waals surface area contributed by atoms with Crippen LogP contribution in [0.2, 0.25) is 0 Å². The maximum atomic E-state index is 12.5. The number of carbonyl (C=O) groups is 1. The van der Waals surface area contributed by atoms with Crippen LogP contribution in [0.5, 0.6) is 0 Å². The third-order valence-corrected chi connectivity index (χ3v) is 4.33. The number of fused-ring (bicyclic) bond motifs is 1. The van der Waals surface area contributed by atoms with Crippen LogP contribution in [0.1, 0.15) is 43.5 Å². The highest BCUT2D eigenvalue weighted by atomic mass is 16.2. The van der Waals surface area contributed by atoms with E-state index in [1.165, 1.54) is 0 Å². The minimum atomic E-state index is -0.225. The number of hydrogen-bond donors (Lipinski definition) is 2. The van der Waals surface area contributed by atoms with E-state index in [1.54, 1.807) is 18.3 Å². The first-order valence-electron chi connectivity index (χ1n) is 8.83. The Kier molecular flexibility index (Phi) is 5.20. The molecule has 8 nitrogen and oxygen atoms in total. The van der Waals surface area contributed by atoms with Crippen molar-refractivity contribution < 1.29 is 4.79 Å². The van der Waals surface area contributed by atoms with Gasteiger partial charge in [-0.2, -0.15) is 0 Å². The molecule has 3 rings (SSSR count). The second-order valence-corrected chi connectivity index (χ2v) is 6.56. The standard InChI is InChI=1S/C18H25N7O/c1-5-9-25-11-19-23-17(25)13(3)20-18(26)24(4)10-15-21-14-8-6-7-12(2)16(14)22-15/h6-8,11,13H,5,9-10H2,1-4H3,(H,20,26)(H,21,22)/t13-/m1/s1. The molecule has 138 valence electrons. The van der Waals surface area contributed by atoms with Crippen molar-refractivity contribution >= 4 is 17.1 Å². The van der Waals surface area contributed by atoms with E-state index in [9.17, 15) is 4.79 Å². The van der Waals surface area contributed by atoms with Gasteiger partial charge >= 0.3 is 6.03 Å². The Morgan fingerprint density at radius 2 is 2.23 bits per heavy atom. The van der Waals surface area contributed by atoms with Gasteiger partial charge in [0.25, 0.3) is 0 Å². The summed E-state index contributed by atoms with van der Waals surface area (Å²) in [5.74, 6) is 1.52. The topological polar surface area (TPSA) is 91.7 Å². The monoisotopic (exact) mass is 355 g/mol. The lowest BCUT2D eigenvalue weighted by molar-refractivity contribution is 0.202. The number of urea groups is 1. The smallest absolute Gasteiger partial charge is 0.318 e. The zero-order chi connectivity index (χ0) is 18.7. The van der Waals surface area contributed by atoms with Crippen molar-refractivity contribution in [3.63, 3.8) is 0 Å². The highest BCUT2D eigenvalue weighted by molar-refractivity contribution is 5.79. The van der Waals surface area contributed by atoms with Gasteiger partial charge in [-0.05, 0) is 31.9 Å². The lowest BCUT2D eigenvalue weighted by atomic mass is 10.2. The Labute approximate surface area is 152 Å². The fourth-order valence-corrected chi connectivity index (χ4v) is 2.97. The molecular weight excluding hydrogens is 330 g/mol. The summed E-state index contributed by atoms with van der Waals surface area (Å²) in [4.78, 5) is 22.0. The average Bonchev–Trinajstić information content (AvgIpc) is 3.22. The number of para-hydroxylation sites is 1. The highest BCUT2D eigenvalue weighted by Crippen LogP contribution is 2.16. The van der Waals surface area contributed by atoms with Crippen LogP contribution in [0, 0.1) is 6.92 Å². The number of nitrogens with one attached hydrogen (secondary N) is 2. The third-order valence-electron chi connectivity index (χ3n) is 4.33. The van der Waals surface area contributed by atoms with E-state index in [-0.39, 0.29) is 12.1 Å². The number of amides is 2. The molecule has 1 atom stereocenters. The molecule has 2 heterocycles. The molecular formula is C18H25N7O. The van der Waals surface area contributed by atoms with Crippen molar-refractivity contribution in [2.45, 2.75) is 46.3 Å². The van der Waals surface area contributed by atoms with E-state index < -0.39 is 0 Å². The van der Waals surface area contributed by atoms with Gasteiger partial charge in [0.1, 0.15) is 12.2 Å². The molecule has 0 spiro atoms. The zero-order valence-electron chi connectivity index (χ0n) is 15.7. The van der Waals surface area contributed by atoms with Crippen molar-refractivity contribution in [2.24, 2.45) is 0 Å². The van der Waals surface area contributed by atoms with Gasteiger partial charge in [-0.15, -0.1) is 10.2 Å². The van der Waals surface area contributed by atoms with Gasteiger partial charge in [-0.25, -0.2) is 9.78 Å². The van der Waals surface area contributed by atoms with E-state index in [4.69, 9.17) is 0 Å². The maximum absolute atomic E-state index is 12.5. The van der Waals surface area contributed by atoms with E-state index in [1.807, 2.05) is 36.6 Å². The highest BCUT2D eigenvalue weighted by Gasteiger charge is 2.18. The Morgan fingerprint density at radius 1 is 1.42 bits per heavy atom. The summed E-state index contributed by atoms with van der Waals surface area (Å²) in [6.07, 6.45) is 2.68. The summed E-state index contributed by atoms with van der Waals surface area (Å²) >= 11 is 0. The van der Waals surface area contributed by atoms with Crippen LogP contribution in [-0.2, 0) is 13.1 Å². The molecule has 0 saturated heterocycles. The largest absolute Gasteiger partial charge is 0.340 e. The number of imidazole rings is 1. The van der Waals surface area contributed by atoms with Gasteiger partial charge in [0, 0.05) is 13.6 Å². The normalized spacial score (nSPS) is 12.3. The Balaban J connectivity index is 1.65. The van der Waals surface area contributed by atoms with Gasteiger partial charge in [0.05, 0.1) is 23.6 Å². The predicted molar refractivity (Wildman–Crippen MR) is 99.6 cm³/mol. The molecule has 0 aliphatic rings. The minimum absolute atomic E-state index is 0.180. The van der Waals surface area contributed by atoms with Crippen molar-refractivity contribution in [2.75, 3.05) is 7.05 Å². The van der Waals surface area contributed by atoms with Crippen LogP contribution in [-0.4, -0.2) is 42.7 Å². The number of carbonyl (C=O) groups excluding carboxylic acids is 1. The van der Waals surface area contributed by atoms with Crippen LogP contribution in [0.3, 0.4) is 0 Å². The zero-order valence-corrected chi connectivity index (χ0v) is 15.7. The molecule has 0 bridgehead atoms. The summed E-state index contributed by atoms with van der Waals surface area (Å²) in [5.41, 5.74) is 3.04. The molecule has 0 unspecified atom stereocenters. The molecule has 2 N–H and O–H groups in total. The van der Waals surface area contributed by atoms with Crippen LogP contribution in [0.15, 0.2) is 24.5 Å². The molecule has 8 heteroatoms. The van der Waals surface area contributed by atoms with Gasteiger partial charge < -0.3 is 19.8 Å². The number of hydrogen-bond acceptors (Lipinski definition) is 4. The summed E-state index contributed by atoms with van der Waals surface area (Å²) in [7, 11) is 1.75. The van der Waals surface area contributed by atoms with Crippen LogP contribution in [0.4, 0.5) is 4.79 Å². The van der Waals surface area contributed by atoms with Crippen molar-refractivity contribution in [3.05, 3.63) is 41.7 Å². The Hall–Kier alpha value is -2.90. The lowest BCUT2D eigenvalue weighted by Crippen LogP contribution is -2.39. The summed E-state index contributed by atoms with van der Waals surface area (Å²) in [6, 6.07) is 5.60. The minimum Gasteiger partial charge on any atom is -0.340 e. The molecule has 2 aromatic heterocycles. The lowest BCUT2D eigenvalue weighted by Gasteiger charge is -2.20. The van der Waals surface area contributed by atoms with Crippen molar-refractivity contribution in [1.82, 2.24) is 34.9 Å². The van der Waals surface area contributed by atoms with E-state index in [2.05, 4.69) is 32.4 Å². The van der Waals surface area contributed by atoms with Gasteiger partial charge in [0.15, 0.2) is 5.82 Å². The molecule has 26 heavy (non-hydrogen) atoms. The summed E-state index contributed by atoms with van der Waals surface area (Å²) in [5, 5.41) is 11.0. The number of benzene rings is 1. The molecule has 2 amide bonds. The van der Waals surface area contributed by atoms with Crippen LogP contribution in [0.25, 0.3) is 11.0 Å². The molecule has 0 radical (unpaired) electrons. The number of rotatable bonds is 6. The summed E-state index contributed by atoms with van der Waals surface area (Å²) in [6.45, 7) is 7.25.